The number of aryl methyl sites for hydroxylation is 1. The number of hydrogen-bond donors (Lipinski definition) is 0. The van der Waals surface area contributed by atoms with Gasteiger partial charge in [0.05, 0.1) is 31.8 Å². The fraction of sp³-hybridized carbons (Fsp3) is 0.585. The van der Waals surface area contributed by atoms with Crippen LogP contribution in [0.25, 0.3) is 11.1 Å². The molecule has 11 nitrogen and oxygen atoms in total. The highest BCUT2D eigenvalue weighted by Crippen LogP contribution is 2.41. The quantitative estimate of drug-likeness (QED) is 0.105. The van der Waals surface area contributed by atoms with E-state index in [-0.39, 0.29) is 42.0 Å². The van der Waals surface area contributed by atoms with Gasteiger partial charge in [-0.1, -0.05) is 87.4 Å². The number of anilines is 1. The number of hydrogen-bond acceptors (Lipinski definition) is 9. The Kier molecular flexibility index (Phi) is 12.5. The van der Waals surface area contributed by atoms with Gasteiger partial charge in [0, 0.05) is 29.9 Å². The third-order valence-electron chi connectivity index (χ3n) is 11.3. The Labute approximate surface area is 322 Å². The van der Waals surface area contributed by atoms with Crippen LogP contribution in [0.5, 0.6) is 0 Å². The predicted octanol–water partition coefficient (Wildman–Crippen LogP) is 8.68. The van der Waals surface area contributed by atoms with E-state index in [0.29, 0.717) is 30.0 Å². The Morgan fingerprint density at radius 3 is 2.48 bits per heavy atom. The summed E-state index contributed by atoms with van der Waals surface area (Å²) in [4.78, 5) is 21.1. The topological polar surface area (TPSA) is 124 Å². The number of ether oxygens (including phenoxy) is 3. The third-order valence-corrected chi connectivity index (χ3v) is 15.7. The summed E-state index contributed by atoms with van der Waals surface area (Å²) in [5.41, 5.74) is 3.47. The fourth-order valence-corrected chi connectivity index (χ4v) is 9.48. The maximum atomic E-state index is 14.9. The SMILES string of the molecule is CCCCC1=NC2(CCCC2)C(=O)N1Cc1ccc(-c2ccccc2S(=O)(=O)N(COC(C)[Si](C)(C)C)c2onc(C)c2C)c(COC2CCCCO2)c1. The maximum Gasteiger partial charge on any atom is 0.269 e. The van der Waals surface area contributed by atoms with Crippen molar-refractivity contribution in [2.45, 2.75) is 147 Å². The molecular weight excluding hydrogens is 721 g/mol. The molecule has 1 saturated carbocycles. The Bertz CT molecular complexity index is 1930. The highest BCUT2D eigenvalue weighted by Gasteiger charge is 2.49. The van der Waals surface area contributed by atoms with Crippen LogP contribution in [0.15, 0.2) is 56.9 Å². The lowest BCUT2D eigenvalue weighted by Gasteiger charge is -2.29. The summed E-state index contributed by atoms with van der Waals surface area (Å²) in [6.07, 6.45) is 8.86. The van der Waals surface area contributed by atoms with Crippen LogP contribution in [0.3, 0.4) is 0 Å². The van der Waals surface area contributed by atoms with Gasteiger partial charge in [0.1, 0.15) is 18.1 Å². The van der Waals surface area contributed by atoms with E-state index in [4.69, 9.17) is 23.7 Å². The smallest absolute Gasteiger partial charge is 0.269 e. The number of carbonyl (C=O) groups is 1. The van der Waals surface area contributed by atoms with Crippen LogP contribution in [0.2, 0.25) is 19.6 Å². The molecule has 1 aliphatic carbocycles. The standard InChI is InChI=1S/C41H58N4O7SSi/c1-8-9-18-37-42-41(22-13-14-23-41)40(46)44(37)26-32-20-21-34(33(25-32)27-50-38-19-12-15-24-49-38)35-16-10-11-17-36(35)53(47,48)45(28-51-31(4)54(5,6)7)39-29(2)30(3)43-52-39/h10-11,16-17,20-21,25,31,38H,8-9,12-15,18-19,22-24,26-28H2,1-7H3. The normalized spacial score (nSPS) is 19.5. The summed E-state index contributed by atoms with van der Waals surface area (Å²) in [7, 11) is -6.00. The van der Waals surface area contributed by atoms with Crippen LogP contribution in [-0.4, -0.2) is 69.2 Å². The molecular formula is C41H58N4O7SSi. The van der Waals surface area contributed by atoms with Crippen LogP contribution in [-0.2, 0) is 42.2 Å². The zero-order chi connectivity index (χ0) is 38.7. The molecule has 2 aromatic carbocycles. The minimum absolute atomic E-state index is 0.101. The molecule has 1 saturated heterocycles. The highest BCUT2D eigenvalue weighted by molar-refractivity contribution is 7.93. The summed E-state index contributed by atoms with van der Waals surface area (Å²) in [5, 5.41) is 4.09. The van der Waals surface area contributed by atoms with E-state index in [1.165, 1.54) is 4.31 Å². The van der Waals surface area contributed by atoms with Crippen molar-refractivity contribution in [2.24, 2.45) is 4.99 Å². The molecule has 2 aliphatic heterocycles. The molecule has 294 valence electrons. The molecule has 1 spiro atoms. The number of sulfonamides is 1. The van der Waals surface area contributed by atoms with Crippen molar-refractivity contribution >= 4 is 35.7 Å². The molecule has 2 unspecified atom stereocenters. The molecule has 0 N–H and O–H groups in total. The number of aromatic nitrogens is 1. The van der Waals surface area contributed by atoms with Crippen LogP contribution in [0, 0.1) is 13.8 Å². The molecule has 3 aromatic rings. The van der Waals surface area contributed by atoms with E-state index in [1.807, 2.05) is 42.2 Å². The van der Waals surface area contributed by atoms with E-state index >= 15 is 0 Å². The van der Waals surface area contributed by atoms with Crippen molar-refractivity contribution in [3.63, 3.8) is 0 Å². The molecule has 2 atom stereocenters. The average molecular weight is 779 g/mol. The van der Waals surface area contributed by atoms with Crippen molar-refractivity contribution in [3.8, 4) is 11.1 Å². The van der Waals surface area contributed by atoms with Crippen molar-refractivity contribution in [2.75, 3.05) is 17.6 Å². The molecule has 1 amide bonds. The van der Waals surface area contributed by atoms with E-state index < -0.39 is 23.6 Å². The molecule has 0 bridgehead atoms. The fourth-order valence-electron chi connectivity index (χ4n) is 7.37. The van der Waals surface area contributed by atoms with Crippen molar-refractivity contribution in [3.05, 3.63) is 64.8 Å². The van der Waals surface area contributed by atoms with Gasteiger partial charge in [-0.15, -0.1) is 0 Å². The first-order valence-electron chi connectivity index (χ1n) is 19.7. The number of amidine groups is 1. The summed E-state index contributed by atoms with van der Waals surface area (Å²) in [6.45, 7) is 15.3. The summed E-state index contributed by atoms with van der Waals surface area (Å²) in [5.74, 6) is 1.11. The van der Waals surface area contributed by atoms with Crippen LogP contribution in [0.4, 0.5) is 5.88 Å². The zero-order valence-corrected chi connectivity index (χ0v) is 35.0. The molecule has 3 heterocycles. The zero-order valence-electron chi connectivity index (χ0n) is 33.2. The second kappa shape index (κ2) is 16.8. The first kappa shape index (κ1) is 40.3. The van der Waals surface area contributed by atoms with Crippen LogP contribution < -0.4 is 4.31 Å². The minimum Gasteiger partial charge on any atom is -0.360 e. The van der Waals surface area contributed by atoms with Gasteiger partial charge in [0.15, 0.2) is 6.29 Å². The second-order valence-electron chi connectivity index (χ2n) is 16.2. The lowest BCUT2D eigenvalue weighted by Crippen LogP contribution is -2.42. The predicted molar refractivity (Wildman–Crippen MR) is 213 cm³/mol. The summed E-state index contributed by atoms with van der Waals surface area (Å²) in [6, 6.07) is 13.0. The Morgan fingerprint density at radius 2 is 1.81 bits per heavy atom. The van der Waals surface area contributed by atoms with E-state index in [2.05, 4.69) is 31.7 Å². The number of rotatable bonds is 16. The molecule has 6 rings (SSSR count). The first-order chi connectivity index (χ1) is 25.7. The Hall–Kier alpha value is -3.36. The number of aliphatic imine (C=N–C) groups is 1. The third kappa shape index (κ3) is 8.55. The van der Waals surface area contributed by atoms with Gasteiger partial charge >= 0.3 is 0 Å². The van der Waals surface area contributed by atoms with Crippen molar-refractivity contribution < 1.29 is 31.9 Å². The Morgan fingerprint density at radius 1 is 1.06 bits per heavy atom. The molecule has 2 fully saturated rings. The van der Waals surface area contributed by atoms with E-state index in [1.54, 1.807) is 26.0 Å². The summed E-state index contributed by atoms with van der Waals surface area (Å²) < 4.78 is 55.2. The van der Waals surface area contributed by atoms with Gasteiger partial charge in [0.25, 0.3) is 15.9 Å². The number of nitrogens with zero attached hydrogens (tertiary/aromatic N) is 4. The molecule has 13 heteroatoms. The van der Waals surface area contributed by atoms with E-state index in [0.717, 1.165) is 86.7 Å². The Balaban J connectivity index is 1.39. The van der Waals surface area contributed by atoms with Gasteiger partial charge in [-0.05, 0) is 82.1 Å². The van der Waals surface area contributed by atoms with Gasteiger partial charge in [-0.25, -0.2) is 12.7 Å². The number of benzene rings is 2. The summed E-state index contributed by atoms with van der Waals surface area (Å²) >= 11 is 0. The number of unbranched alkanes of at least 4 members (excludes halogenated alkanes) is 1. The van der Waals surface area contributed by atoms with Crippen molar-refractivity contribution in [1.29, 1.82) is 0 Å². The first-order valence-corrected chi connectivity index (χ1v) is 24.7. The minimum atomic E-state index is -4.24. The number of carbonyl (C=O) groups excluding carboxylic acids is 1. The molecule has 3 aliphatic rings. The maximum absolute atomic E-state index is 14.9. The molecule has 0 radical (unpaired) electrons. The van der Waals surface area contributed by atoms with Gasteiger partial charge in [-0.2, -0.15) is 0 Å². The van der Waals surface area contributed by atoms with Gasteiger partial charge < -0.3 is 18.7 Å². The number of amides is 1. The van der Waals surface area contributed by atoms with Gasteiger partial charge in [0.2, 0.25) is 5.88 Å². The monoisotopic (exact) mass is 778 g/mol. The van der Waals surface area contributed by atoms with E-state index in [9.17, 15) is 13.2 Å². The molecule has 1 aromatic heterocycles. The molecule has 54 heavy (non-hydrogen) atoms. The second-order valence-corrected chi connectivity index (χ2v) is 23.6. The van der Waals surface area contributed by atoms with Gasteiger partial charge in [-0.3, -0.25) is 14.7 Å². The largest absolute Gasteiger partial charge is 0.360 e. The van der Waals surface area contributed by atoms with Crippen molar-refractivity contribution in [1.82, 2.24) is 10.1 Å². The van der Waals surface area contributed by atoms with Crippen LogP contribution >= 0.6 is 0 Å². The van der Waals surface area contributed by atoms with Crippen LogP contribution in [0.1, 0.15) is 100 Å². The lowest BCUT2D eigenvalue weighted by atomic mass is 9.96. The average Bonchev–Trinajstić information content (AvgIpc) is 3.84. The lowest BCUT2D eigenvalue weighted by molar-refractivity contribution is -0.168. The highest BCUT2D eigenvalue weighted by atomic mass is 32.2.